The molecule has 2 saturated carbocycles. The smallest absolute Gasteiger partial charge is 0.0242 e. The molecule has 2 fully saturated rings. The van der Waals surface area contributed by atoms with E-state index in [1.165, 1.54) is 86.5 Å². The number of benzene rings is 3. The second-order valence-electron chi connectivity index (χ2n) is 12.7. The van der Waals surface area contributed by atoms with Gasteiger partial charge in [-0.25, -0.2) is 0 Å². The van der Waals surface area contributed by atoms with E-state index < -0.39 is 0 Å². The van der Waals surface area contributed by atoms with Gasteiger partial charge in [0.2, 0.25) is 0 Å². The SMILES string of the molecule is C#Cc1ccc(CC2CCC(C(C(=C)CCc3ccccc3)c3ccc(C4CCC(CC)CC4)cc3)CC2)cc1. The number of allylic oxidation sites excluding steroid dienone is 1. The van der Waals surface area contributed by atoms with Gasteiger partial charge in [-0.2, -0.15) is 0 Å². The van der Waals surface area contributed by atoms with Crippen LogP contribution in [0.5, 0.6) is 0 Å². The van der Waals surface area contributed by atoms with Crippen LogP contribution >= 0.6 is 0 Å². The molecule has 1 unspecified atom stereocenters. The molecule has 40 heavy (non-hydrogen) atoms. The van der Waals surface area contributed by atoms with E-state index >= 15 is 0 Å². The van der Waals surface area contributed by atoms with Gasteiger partial charge in [-0.3, -0.25) is 0 Å². The van der Waals surface area contributed by atoms with Gasteiger partial charge in [-0.05, 0) is 129 Å². The molecule has 2 aliphatic carbocycles. The first-order valence-electron chi connectivity index (χ1n) is 16.0. The van der Waals surface area contributed by atoms with Gasteiger partial charge in [0.05, 0.1) is 0 Å². The molecule has 0 heterocycles. The average molecular weight is 529 g/mol. The van der Waals surface area contributed by atoms with E-state index in [-0.39, 0.29) is 0 Å². The van der Waals surface area contributed by atoms with Crippen molar-refractivity contribution in [3.05, 3.63) is 119 Å². The second-order valence-corrected chi connectivity index (χ2v) is 12.7. The van der Waals surface area contributed by atoms with Crippen molar-refractivity contribution in [2.45, 2.75) is 95.8 Å². The Hall–Kier alpha value is -3.04. The van der Waals surface area contributed by atoms with Crippen LogP contribution in [-0.4, -0.2) is 0 Å². The Kier molecular flexibility index (Phi) is 10.00. The fourth-order valence-electron chi connectivity index (χ4n) is 7.62. The zero-order valence-electron chi connectivity index (χ0n) is 24.7. The van der Waals surface area contributed by atoms with Crippen LogP contribution in [0.4, 0.5) is 0 Å². The zero-order valence-corrected chi connectivity index (χ0v) is 24.7. The van der Waals surface area contributed by atoms with E-state index in [4.69, 9.17) is 13.0 Å². The van der Waals surface area contributed by atoms with Crippen molar-refractivity contribution in [1.29, 1.82) is 0 Å². The molecular formula is C40H48. The molecule has 0 bridgehead atoms. The Balaban J connectivity index is 1.26. The molecule has 0 N–H and O–H groups in total. The summed E-state index contributed by atoms with van der Waals surface area (Å²) in [7, 11) is 0. The van der Waals surface area contributed by atoms with Crippen molar-refractivity contribution >= 4 is 0 Å². The molecule has 0 radical (unpaired) electrons. The summed E-state index contributed by atoms with van der Waals surface area (Å²) in [6, 6.07) is 29.4. The van der Waals surface area contributed by atoms with E-state index in [1.54, 1.807) is 5.56 Å². The molecule has 0 amide bonds. The Morgan fingerprint density at radius 3 is 2.05 bits per heavy atom. The van der Waals surface area contributed by atoms with Crippen molar-refractivity contribution < 1.29 is 0 Å². The molecule has 0 nitrogen and oxygen atoms in total. The predicted molar refractivity (Wildman–Crippen MR) is 172 cm³/mol. The summed E-state index contributed by atoms with van der Waals surface area (Å²) in [4.78, 5) is 0. The first kappa shape index (κ1) is 28.5. The van der Waals surface area contributed by atoms with Crippen molar-refractivity contribution in [3.8, 4) is 12.3 Å². The summed E-state index contributed by atoms with van der Waals surface area (Å²) in [6.45, 7) is 7.10. The Morgan fingerprint density at radius 1 is 0.775 bits per heavy atom. The summed E-state index contributed by atoms with van der Waals surface area (Å²) in [5.74, 6) is 6.36. The third kappa shape index (κ3) is 7.37. The molecule has 0 heteroatoms. The molecule has 3 aromatic carbocycles. The van der Waals surface area contributed by atoms with Gasteiger partial charge in [-0.15, -0.1) is 6.42 Å². The summed E-state index contributed by atoms with van der Waals surface area (Å²) < 4.78 is 0. The first-order valence-corrected chi connectivity index (χ1v) is 16.0. The van der Waals surface area contributed by atoms with Gasteiger partial charge in [0.1, 0.15) is 0 Å². The summed E-state index contributed by atoms with van der Waals surface area (Å²) in [5, 5.41) is 0. The third-order valence-corrected chi connectivity index (χ3v) is 10.2. The standard InChI is InChI=1S/C40H48/c1-4-31-13-15-34(16-14-31)29-35-19-23-38(24-20-35)40(30(3)11-12-33-9-7-6-8-10-33)39-27-25-37(26-28-39)36-21-17-32(5-2)18-22-36/h1,6-10,13-16,25-28,32,35-36,38,40H,3,5,11-12,17-24,29H2,2H3. The van der Waals surface area contributed by atoms with Crippen molar-refractivity contribution in [2.75, 3.05) is 0 Å². The van der Waals surface area contributed by atoms with Crippen molar-refractivity contribution in [2.24, 2.45) is 17.8 Å². The largest absolute Gasteiger partial charge is 0.115 e. The van der Waals surface area contributed by atoms with Crippen LogP contribution in [0.15, 0.2) is 91.0 Å². The number of rotatable bonds is 10. The van der Waals surface area contributed by atoms with Gasteiger partial charge >= 0.3 is 0 Å². The monoisotopic (exact) mass is 528 g/mol. The van der Waals surface area contributed by atoms with Gasteiger partial charge in [-0.1, -0.05) is 98.1 Å². The summed E-state index contributed by atoms with van der Waals surface area (Å²) in [5.41, 5.74) is 8.30. The lowest BCUT2D eigenvalue weighted by atomic mass is 9.69. The molecule has 1 atom stereocenters. The van der Waals surface area contributed by atoms with Crippen molar-refractivity contribution in [1.82, 2.24) is 0 Å². The maximum atomic E-state index is 5.55. The summed E-state index contributed by atoms with van der Waals surface area (Å²) >= 11 is 0. The Labute approximate surface area is 244 Å². The fraction of sp³-hybridized carbons (Fsp3) is 0.450. The van der Waals surface area contributed by atoms with Gasteiger partial charge in [0.15, 0.2) is 0 Å². The van der Waals surface area contributed by atoms with Crippen molar-refractivity contribution in [3.63, 3.8) is 0 Å². The zero-order chi connectivity index (χ0) is 27.7. The number of terminal acetylenes is 1. The average Bonchev–Trinajstić information content (AvgIpc) is 3.02. The fourth-order valence-corrected chi connectivity index (χ4v) is 7.62. The number of hydrogen-bond donors (Lipinski definition) is 0. The molecule has 2 aliphatic rings. The van der Waals surface area contributed by atoms with Gasteiger partial charge in [0.25, 0.3) is 0 Å². The topological polar surface area (TPSA) is 0 Å². The Bertz CT molecular complexity index is 1220. The second kappa shape index (κ2) is 14.0. The number of hydrogen-bond acceptors (Lipinski definition) is 0. The highest BCUT2D eigenvalue weighted by Crippen LogP contribution is 2.44. The third-order valence-electron chi connectivity index (χ3n) is 10.2. The normalized spacial score (nSPS) is 23.7. The van der Waals surface area contributed by atoms with Crippen LogP contribution in [0.3, 0.4) is 0 Å². The number of aryl methyl sites for hydroxylation is 1. The van der Waals surface area contributed by atoms with Crippen LogP contribution in [-0.2, 0) is 12.8 Å². The lowest BCUT2D eigenvalue weighted by Gasteiger charge is -2.36. The minimum absolute atomic E-state index is 0.462. The van der Waals surface area contributed by atoms with E-state index in [0.717, 1.165) is 36.2 Å². The molecule has 0 spiro atoms. The van der Waals surface area contributed by atoms with E-state index in [9.17, 15) is 0 Å². The minimum Gasteiger partial charge on any atom is -0.115 e. The highest BCUT2D eigenvalue weighted by atomic mass is 14.4. The molecule has 5 rings (SSSR count). The molecule has 0 saturated heterocycles. The van der Waals surface area contributed by atoms with Crippen LogP contribution in [0.25, 0.3) is 0 Å². The lowest BCUT2D eigenvalue weighted by Crippen LogP contribution is -2.23. The highest BCUT2D eigenvalue weighted by molar-refractivity contribution is 5.35. The molecule has 0 aliphatic heterocycles. The minimum atomic E-state index is 0.462. The molecule has 0 aromatic heterocycles. The molecular weight excluding hydrogens is 480 g/mol. The first-order chi connectivity index (χ1) is 19.6. The van der Waals surface area contributed by atoms with Gasteiger partial charge in [0, 0.05) is 11.5 Å². The molecule has 3 aromatic rings. The van der Waals surface area contributed by atoms with Crippen LogP contribution in [0.1, 0.15) is 111 Å². The maximum Gasteiger partial charge on any atom is 0.0242 e. The van der Waals surface area contributed by atoms with Crippen LogP contribution in [0.2, 0.25) is 0 Å². The predicted octanol–water partition coefficient (Wildman–Crippen LogP) is 10.7. The van der Waals surface area contributed by atoms with E-state index in [0.29, 0.717) is 11.8 Å². The summed E-state index contributed by atoms with van der Waals surface area (Å²) in [6.07, 6.45) is 21.0. The maximum absolute atomic E-state index is 5.55. The van der Waals surface area contributed by atoms with Gasteiger partial charge < -0.3 is 0 Å². The quantitative estimate of drug-likeness (QED) is 0.181. The Morgan fingerprint density at radius 2 is 1.43 bits per heavy atom. The molecule has 208 valence electrons. The van der Waals surface area contributed by atoms with E-state index in [1.807, 2.05) is 0 Å². The van der Waals surface area contributed by atoms with Crippen LogP contribution in [0, 0.1) is 30.1 Å². The van der Waals surface area contributed by atoms with E-state index in [2.05, 4.69) is 91.7 Å². The highest BCUT2D eigenvalue weighted by Gasteiger charge is 2.31. The van der Waals surface area contributed by atoms with Crippen LogP contribution < -0.4 is 0 Å². The lowest BCUT2D eigenvalue weighted by molar-refractivity contribution is 0.252.